The first-order valence-corrected chi connectivity index (χ1v) is 9.57. The number of aliphatic hydroxyl groups is 1. The van der Waals surface area contributed by atoms with Crippen LogP contribution in [0.1, 0.15) is 6.42 Å². The number of thioether (sulfide) groups is 1. The Hall–Kier alpha value is -1.00. The molecule has 2 rings (SSSR count). The Morgan fingerprint density at radius 1 is 1.29 bits per heavy atom. The number of hydrogen-bond acceptors (Lipinski definition) is 6. The number of carbonyl (C=O) groups excluding carboxylic acids is 1. The van der Waals surface area contributed by atoms with Gasteiger partial charge in [-0.05, 0) is 0 Å². The van der Waals surface area contributed by atoms with Gasteiger partial charge in [0, 0.05) is 37.3 Å². The number of carbonyl (C=O) groups is 2. The lowest BCUT2D eigenvalue weighted by Crippen LogP contribution is -2.56. The van der Waals surface area contributed by atoms with Gasteiger partial charge in [0.1, 0.15) is 11.4 Å². The number of aliphatic hydroxyl groups excluding tert-OH is 1. The second-order valence-corrected chi connectivity index (χ2v) is 8.58. The summed E-state index contributed by atoms with van der Waals surface area (Å²) in [7, 11) is -3.45. The minimum absolute atomic E-state index is 0.0345. The van der Waals surface area contributed by atoms with Crippen LogP contribution in [0, 0.1) is 0 Å². The average molecular weight is 338 g/mol. The van der Waals surface area contributed by atoms with Crippen LogP contribution < -0.4 is 0 Å². The van der Waals surface area contributed by atoms with Crippen LogP contribution in [0.3, 0.4) is 0 Å². The fourth-order valence-electron chi connectivity index (χ4n) is 2.58. The van der Waals surface area contributed by atoms with Gasteiger partial charge in [-0.25, -0.2) is 18.0 Å². The molecule has 0 aromatic carbocycles. The maximum Gasteiger partial charge on any atom is 0.326 e. The summed E-state index contributed by atoms with van der Waals surface area (Å²) >= 11 is 1.44. The van der Waals surface area contributed by atoms with E-state index in [1.54, 1.807) is 0 Å². The molecule has 0 spiro atoms. The van der Waals surface area contributed by atoms with Gasteiger partial charge in [-0.3, -0.25) is 0 Å². The van der Waals surface area contributed by atoms with Crippen LogP contribution in [0.15, 0.2) is 0 Å². The zero-order chi connectivity index (χ0) is 15.8. The van der Waals surface area contributed by atoms with E-state index in [-0.39, 0.29) is 25.3 Å². The van der Waals surface area contributed by atoms with Crippen molar-refractivity contribution in [3.63, 3.8) is 0 Å². The molecule has 0 bridgehead atoms. The van der Waals surface area contributed by atoms with E-state index in [2.05, 4.69) is 0 Å². The van der Waals surface area contributed by atoms with Crippen LogP contribution >= 0.6 is 11.8 Å². The zero-order valence-corrected chi connectivity index (χ0v) is 13.1. The first-order chi connectivity index (χ1) is 9.71. The SMILES string of the molecule is CS(=O)(=O)C1CSCCN1C(=O)N1CC(O)CC1C(=O)O. The molecule has 3 unspecified atom stereocenters. The normalized spacial score (nSPS) is 30.5. The number of nitrogens with zero attached hydrogens (tertiary/aromatic N) is 2. The largest absolute Gasteiger partial charge is 0.480 e. The van der Waals surface area contributed by atoms with E-state index in [9.17, 15) is 23.1 Å². The van der Waals surface area contributed by atoms with Crippen molar-refractivity contribution < 1.29 is 28.2 Å². The Morgan fingerprint density at radius 2 is 1.95 bits per heavy atom. The number of aliphatic carboxylic acids is 1. The summed E-state index contributed by atoms with van der Waals surface area (Å²) in [4.78, 5) is 26.0. The zero-order valence-electron chi connectivity index (χ0n) is 11.5. The molecular weight excluding hydrogens is 320 g/mol. The highest BCUT2D eigenvalue weighted by molar-refractivity contribution is 8.00. The first-order valence-electron chi connectivity index (χ1n) is 6.46. The number of hydrogen-bond donors (Lipinski definition) is 2. The lowest BCUT2D eigenvalue weighted by Gasteiger charge is -2.37. The molecule has 2 aliphatic rings. The van der Waals surface area contributed by atoms with Crippen molar-refractivity contribution in [2.75, 3.05) is 30.9 Å². The topological polar surface area (TPSA) is 115 Å². The minimum atomic E-state index is -3.45. The molecule has 8 nitrogen and oxygen atoms in total. The number of β-amino-alcohol motifs (C(OH)–C–C–N with tert-alkyl or cyclic N) is 1. The summed E-state index contributed by atoms with van der Waals surface area (Å²) in [6.45, 7) is 0.163. The highest BCUT2D eigenvalue weighted by Gasteiger charge is 2.44. The predicted molar refractivity (Wildman–Crippen MR) is 76.8 cm³/mol. The van der Waals surface area contributed by atoms with E-state index in [0.29, 0.717) is 5.75 Å². The van der Waals surface area contributed by atoms with E-state index in [0.717, 1.165) is 11.2 Å². The summed E-state index contributed by atoms with van der Waals surface area (Å²) < 4.78 is 23.6. The molecule has 2 N–H and O–H groups in total. The van der Waals surface area contributed by atoms with E-state index >= 15 is 0 Å². The second-order valence-electron chi connectivity index (χ2n) is 5.23. The summed E-state index contributed by atoms with van der Waals surface area (Å²) in [5.41, 5.74) is 0. The third kappa shape index (κ3) is 3.43. The van der Waals surface area contributed by atoms with E-state index < -0.39 is 39.4 Å². The first kappa shape index (κ1) is 16.4. The number of carboxylic acid groups (broad SMARTS) is 1. The molecular formula is C11H18N2O6S2. The summed E-state index contributed by atoms with van der Waals surface area (Å²) in [5, 5.41) is 17.8. The van der Waals surface area contributed by atoms with Crippen molar-refractivity contribution in [1.29, 1.82) is 0 Å². The Bertz CT molecular complexity index is 537. The summed E-state index contributed by atoms with van der Waals surface area (Å²) in [5.74, 6) is -0.313. The molecule has 2 heterocycles. The minimum Gasteiger partial charge on any atom is -0.480 e. The smallest absolute Gasteiger partial charge is 0.326 e. The maximum absolute atomic E-state index is 12.5. The van der Waals surface area contributed by atoms with Crippen LogP contribution in [0.4, 0.5) is 4.79 Å². The lowest BCUT2D eigenvalue weighted by atomic mass is 10.2. The second kappa shape index (κ2) is 6.01. The molecule has 3 atom stereocenters. The van der Waals surface area contributed by atoms with Gasteiger partial charge in [0.2, 0.25) is 0 Å². The molecule has 2 saturated heterocycles. The van der Waals surface area contributed by atoms with Crippen molar-refractivity contribution in [2.24, 2.45) is 0 Å². The molecule has 2 amide bonds. The highest BCUT2D eigenvalue weighted by Crippen LogP contribution is 2.25. The Balaban J connectivity index is 2.22. The monoisotopic (exact) mass is 338 g/mol. The summed E-state index contributed by atoms with van der Waals surface area (Å²) in [6, 6.07) is -1.74. The molecule has 21 heavy (non-hydrogen) atoms. The molecule has 120 valence electrons. The third-order valence-electron chi connectivity index (χ3n) is 3.63. The molecule has 0 radical (unpaired) electrons. The van der Waals surface area contributed by atoms with E-state index in [1.807, 2.05) is 0 Å². The maximum atomic E-state index is 12.5. The van der Waals surface area contributed by atoms with Crippen molar-refractivity contribution in [2.45, 2.75) is 23.9 Å². The van der Waals surface area contributed by atoms with Crippen molar-refractivity contribution in [1.82, 2.24) is 9.80 Å². The Kier molecular flexibility index (Phi) is 4.69. The number of likely N-dealkylation sites (tertiary alicyclic amines) is 1. The van der Waals surface area contributed by atoms with Gasteiger partial charge in [-0.2, -0.15) is 11.8 Å². The summed E-state index contributed by atoms with van der Waals surface area (Å²) in [6.07, 6.45) is 0.135. The van der Waals surface area contributed by atoms with Crippen LogP contribution in [0.5, 0.6) is 0 Å². The van der Waals surface area contributed by atoms with Crippen molar-refractivity contribution >= 4 is 33.6 Å². The van der Waals surface area contributed by atoms with E-state index in [1.165, 1.54) is 16.7 Å². The molecule has 0 aromatic rings. The van der Waals surface area contributed by atoms with Gasteiger partial charge in [-0.1, -0.05) is 0 Å². The number of carboxylic acids is 1. The number of urea groups is 1. The fourth-order valence-corrected chi connectivity index (χ4v) is 5.39. The Labute approximate surface area is 127 Å². The third-order valence-corrected chi connectivity index (χ3v) is 6.28. The average Bonchev–Trinajstić information content (AvgIpc) is 2.79. The van der Waals surface area contributed by atoms with Crippen LogP contribution in [0.2, 0.25) is 0 Å². The number of rotatable bonds is 2. The lowest BCUT2D eigenvalue weighted by molar-refractivity contribution is -0.141. The standard InChI is InChI=1S/C11H18N2O6S2/c1-21(18,19)9-6-20-3-2-12(9)11(17)13-5-7(14)4-8(13)10(15)16/h7-9,14H,2-6H2,1H3,(H,15,16). The van der Waals surface area contributed by atoms with Crippen LogP contribution in [-0.4, -0.2) is 88.8 Å². The van der Waals surface area contributed by atoms with Gasteiger partial charge >= 0.3 is 12.0 Å². The highest BCUT2D eigenvalue weighted by atomic mass is 32.2. The van der Waals surface area contributed by atoms with Crippen molar-refractivity contribution in [3.05, 3.63) is 0 Å². The van der Waals surface area contributed by atoms with Gasteiger partial charge in [0.05, 0.1) is 6.10 Å². The molecule has 10 heteroatoms. The molecule has 2 fully saturated rings. The Morgan fingerprint density at radius 3 is 2.52 bits per heavy atom. The molecule has 0 aromatic heterocycles. The van der Waals surface area contributed by atoms with Crippen LogP contribution in [-0.2, 0) is 14.6 Å². The van der Waals surface area contributed by atoms with Gasteiger partial charge < -0.3 is 20.0 Å². The van der Waals surface area contributed by atoms with Crippen molar-refractivity contribution in [3.8, 4) is 0 Å². The number of amides is 2. The van der Waals surface area contributed by atoms with E-state index in [4.69, 9.17) is 5.11 Å². The predicted octanol–water partition coefficient (Wildman–Crippen LogP) is -0.954. The van der Waals surface area contributed by atoms with Gasteiger partial charge in [0.25, 0.3) is 0 Å². The van der Waals surface area contributed by atoms with Gasteiger partial charge in [-0.15, -0.1) is 0 Å². The fraction of sp³-hybridized carbons (Fsp3) is 0.818. The van der Waals surface area contributed by atoms with Gasteiger partial charge in [0.15, 0.2) is 9.84 Å². The van der Waals surface area contributed by atoms with Crippen LogP contribution in [0.25, 0.3) is 0 Å². The number of sulfone groups is 1. The quantitative estimate of drug-likeness (QED) is 0.666. The molecule has 2 aliphatic heterocycles. The molecule has 0 aliphatic carbocycles. The molecule has 0 saturated carbocycles.